The standard InChI is InChI=1S/C25H25N3O3S2/c1-3-19-7-6-9-22-24(19)27-25(32-22)28(17-20-8-4-5-15-26-20)23(29)14-16-33(30,31)21-12-10-18(2)11-13-21/h4-13,15H,3,14,16-17H2,1-2H3. The molecule has 0 unspecified atom stereocenters. The summed E-state index contributed by atoms with van der Waals surface area (Å²) in [7, 11) is -3.58. The normalized spacial score (nSPS) is 11.6. The maximum Gasteiger partial charge on any atom is 0.230 e. The lowest BCUT2D eigenvalue weighted by Crippen LogP contribution is -2.32. The Morgan fingerprint density at radius 2 is 1.82 bits per heavy atom. The zero-order valence-electron chi connectivity index (χ0n) is 18.6. The molecule has 0 N–H and O–H groups in total. The summed E-state index contributed by atoms with van der Waals surface area (Å²) in [5.74, 6) is -0.563. The molecule has 8 heteroatoms. The lowest BCUT2D eigenvalue weighted by Gasteiger charge is -2.19. The van der Waals surface area contributed by atoms with Crippen LogP contribution in [0.3, 0.4) is 0 Å². The van der Waals surface area contributed by atoms with Crippen LogP contribution in [0.1, 0.15) is 30.2 Å². The molecule has 0 atom stereocenters. The van der Waals surface area contributed by atoms with Crippen molar-refractivity contribution in [3.05, 3.63) is 83.7 Å². The van der Waals surface area contributed by atoms with E-state index in [1.54, 1.807) is 35.4 Å². The van der Waals surface area contributed by atoms with Gasteiger partial charge >= 0.3 is 0 Å². The Balaban J connectivity index is 1.62. The van der Waals surface area contributed by atoms with Crippen molar-refractivity contribution in [1.82, 2.24) is 9.97 Å². The molecule has 170 valence electrons. The number of carbonyl (C=O) groups is 1. The molecule has 0 bridgehead atoms. The number of fused-ring (bicyclic) bond motifs is 1. The lowest BCUT2D eigenvalue weighted by atomic mass is 10.1. The molecule has 4 aromatic rings. The van der Waals surface area contributed by atoms with E-state index in [0.29, 0.717) is 10.8 Å². The molecule has 0 radical (unpaired) electrons. The molecule has 2 aromatic heterocycles. The van der Waals surface area contributed by atoms with Crippen LogP contribution in [0.2, 0.25) is 0 Å². The second-order valence-corrected chi connectivity index (χ2v) is 10.9. The van der Waals surface area contributed by atoms with Crippen LogP contribution >= 0.6 is 11.3 Å². The van der Waals surface area contributed by atoms with Gasteiger partial charge in [0.15, 0.2) is 15.0 Å². The number of pyridine rings is 1. The van der Waals surface area contributed by atoms with E-state index in [2.05, 4.69) is 11.9 Å². The van der Waals surface area contributed by atoms with Crippen molar-refractivity contribution < 1.29 is 13.2 Å². The Labute approximate surface area is 197 Å². The first-order valence-electron chi connectivity index (χ1n) is 10.8. The first-order chi connectivity index (χ1) is 15.9. The third kappa shape index (κ3) is 5.29. The molecule has 0 aliphatic carbocycles. The SMILES string of the molecule is CCc1cccc2sc(N(Cc3ccccn3)C(=O)CCS(=O)(=O)c3ccc(C)cc3)nc12. The summed E-state index contributed by atoms with van der Waals surface area (Å²) in [6.07, 6.45) is 2.37. The topological polar surface area (TPSA) is 80.2 Å². The number of rotatable bonds is 8. The fourth-order valence-electron chi connectivity index (χ4n) is 3.53. The Bertz CT molecular complexity index is 1370. The van der Waals surface area contributed by atoms with Gasteiger partial charge in [0.1, 0.15) is 0 Å². The Morgan fingerprint density at radius 3 is 2.52 bits per heavy atom. The predicted molar refractivity (Wildman–Crippen MR) is 132 cm³/mol. The highest BCUT2D eigenvalue weighted by Crippen LogP contribution is 2.32. The smallest absolute Gasteiger partial charge is 0.230 e. The minimum Gasteiger partial charge on any atom is -0.282 e. The number of para-hydroxylation sites is 1. The zero-order valence-corrected chi connectivity index (χ0v) is 20.2. The molecule has 4 rings (SSSR count). The van der Waals surface area contributed by atoms with E-state index in [9.17, 15) is 13.2 Å². The number of hydrogen-bond donors (Lipinski definition) is 0. The molecule has 0 aliphatic rings. The number of aromatic nitrogens is 2. The summed E-state index contributed by atoms with van der Waals surface area (Å²) in [6, 6.07) is 18.2. The molecule has 0 saturated carbocycles. The highest BCUT2D eigenvalue weighted by atomic mass is 32.2. The predicted octanol–water partition coefficient (Wildman–Crippen LogP) is 4.96. The van der Waals surface area contributed by atoms with Crippen molar-refractivity contribution in [2.75, 3.05) is 10.7 Å². The molecule has 0 saturated heterocycles. The number of anilines is 1. The number of thiazole rings is 1. The fraction of sp³-hybridized carbons (Fsp3) is 0.240. The van der Waals surface area contributed by atoms with Crippen LogP contribution in [0.25, 0.3) is 10.2 Å². The number of nitrogens with zero attached hydrogens (tertiary/aromatic N) is 3. The average Bonchev–Trinajstić information content (AvgIpc) is 3.26. The van der Waals surface area contributed by atoms with E-state index in [4.69, 9.17) is 4.98 Å². The first-order valence-corrected chi connectivity index (χ1v) is 13.2. The van der Waals surface area contributed by atoms with E-state index in [-0.39, 0.29) is 29.5 Å². The molecule has 0 fully saturated rings. The van der Waals surface area contributed by atoms with E-state index in [0.717, 1.165) is 27.8 Å². The van der Waals surface area contributed by atoms with Gasteiger partial charge < -0.3 is 0 Å². The van der Waals surface area contributed by atoms with Crippen LogP contribution in [0.5, 0.6) is 0 Å². The van der Waals surface area contributed by atoms with Crippen LogP contribution in [0.4, 0.5) is 5.13 Å². The molecule has 2 heterocycles. The Morgan fingerprint density at radius 1 is 1.03 bits per heavy atom. The van der Waals surface area contributed by atoms with E-state index < -0.39 is 9.84 Å². The van der Waals surface area contributed by atoms with Crippen LogP contribution in [0.15, 0.2) is 71.8 Å². The monoisotopic (exact) mass is 479 g/mol. The summed E-state index contributed by atoms with van der Waals surface area (Å²) >= 11 is 1.43. The van der Waals surface area contributed by atoms with Gasteiger partial charge in [0, 0.05) is 12.6 Å². The Kier molecular flexibility index (Phi) is 6.85. The third-order valence-electron chi connectivity index (χ3n) is 5.42. The van der Waals surface area contributed by atoms with Gasteiger partial charge in [-0.15, -0.1) is 0 Å². The molecule has 0 aliphatic heterocycles. The maximum absolute atomic E-state index is 13.3. The fourth-order valence-corrected chi connectivity index (χ4v) is 5.79. The van der Waals surface area contributed by atoms with Crippen molar-refractivity contribution in [3.63, 3.8) is 0 Å². The highest BCUT2D eigenvalue weighted by molar-refractivity contribution is 7.91. The number of aryl methyl sites for hydroxylation is 2. The van der Waals surface area contributed by atoms with Gasteiger partial charge in [-0.1, -0.05) is 54.2 Å². The van der Waals surface area contributed by atoms with Gasteiger partial charge in [-0.25, -0.2) is 13.4 Å². The van der Waals surface area contributed by atoms with Crippen LogP contribution < -0.4 is 4.90 Å². The third-order valence-corrected chi connectivity index (χ3v) is 8.19. The molecule has 2 aromatic carbocycles. The van der Waals surface area contributed by atoms with Crippen molar-refractivity contribution in [3.8, 4) is 0 Å². The van der Waals surface area contributed by atoms with E-state index >= 15 is 0 Å². The molecule has 1 amide bonds. The summed E-state index contributed by atoms with van der Waals surface area (Å²) in [5, 5.41) is 0.550. The number of hydrogen-bond acceptors (Lipinski definition) is 6. The van der Waals surface area contributed by atoms with Crippen molar-refractivity contribution in [2.45, 2.75) is 38.1 Å². The van der Waals surface area contributed by atoms with Crippen molar-refractivity contribution >= 4 is 42.4 Å². The molecular formula is C25H25N3O3S2. The summed E-state index contributed by atoms with van der Waals surface area (Å²) < 4.78 is 26.6. The quantitative estimate of drug-likeness (QED) is 0.357. The second-order valence-electron chi connectivity index (χ2n) is 7.80. The van der Waals surface area contributed by atoms with Gasteiger partial charge in [0.25, 0.3) is 0 Å². The summed E-state index contributed by atoms with van der Waals surface area (Å²) in [4.78, 5) is 24.2. The number of amides is 1. The molecule has 0 spiro atoms. The maximum atomic E-state index is 13.3. The lowest BCUT2D eigenvalue weighted by molar-refractivity contribution is -0.118. The van der Waals surface area contributed by atoms with Gasteiger partial charge in [0.2, 0.25) is 5.91 Å². The summed E-state index contributed by atoms with van der Waals surface area (Å²) in [6.45, 7) is 4.20. The number of carbonyl (C=O) groups excluding carboxylic acids is 1. The van der Waals surface area contributed by atoms with Gasteiger partial charge in [-0.05, 0) is 49.2 Å². The molecule has 6 nitrogen and oxygen atoms in total. The average molecular weight is 480 g/mol. The zero-order chi connectivity index (χ0) is 23.4. The van der Waals surface area contributed by atoms with Crippen LogP contribution in [-0.2, 0) is 27.6 Å². The molecular weight excluding hydrogens is 454 g/mol. The number of benzene rings is 2. The van der Waals surface area contributed by atoms with Crippen molar-refractivity contribution in [1.29, 1.82) is 0 Å². The van der Waals surface area contributed by atoms with Crippen molar-refractivity contribution in [2.24, 2.45) is 0 Å². The minimum absolute atomic E-state index is 0.139. The van der Waals surface area contributed by atoms with Gasteiger partial charge in [-0.3, -0.25) is 14.7 Å². The van der Waals surface area contributed by atoms with E-state index in [1.807, 2.05) is 43.3 Å². The minimum atomic E-state index is -3.58. The Hall–Kier alpha value is -3.10. The highest BCUT2D eigenvalue weighted by Gasteiger charge is 2.24. The van der Waals surface area contributed by atoms with Crippen LogP contribution in [0, 0.1) is 6.92 Å². The van der Waals surface area contributed by atoms with Gasteiger partial charge in [0.05, 0.1) is 33.1 Å². The first kappa shape index (κ1) is 23.1. The van der Waals surface area contributed by atoms with Gasteiger partial charge in [-0.2, -0.15) is 0 Å². The second kappa shape index (κ2) is 9.80. The van der Waals surface area contributed by atoms with Crippen LogP contribution in [-0.4, -0.2) is 30.0 Å². The molecule has 33 heavy (non-hydrogen) atoms. The summed E-state index contributed by atoms with van der Waals surface area (Å²) in [5.41, 5.74) is 3.68. The largest absolute Gasteiger partial charge is 0.282 e. The number of sulfone groups is 1. The van der Waals surface area contributed by atoms with E-state index in [1.165, 1.54) is 11.3 Å².